The zero-order chi connectivity index (χ0) is 15.2. The van der Waals surface area contributed by atoms with Crippen molar-refractivity contribution in [3.8, 4) is 0 Å². The van der Waals surface area contributed by atoms with Crippen LogP contribution in [-0.2, 0) is 16.1 Å². The molecule has 0 aliphatic heterocycles. The van der Waals surface area contributed by atoms with Crippen molar-refractivity contribution in [2.24, 2.45) is 0 Å². The molecular weight excluding hydrogens is 272 g/mol. The maximum Gasteiger partial charge on any atom is 0.377 e. The lowest BCUT2D eigenvalue weighted by Crippen LogP contribution is -2.35. The number of ether oxygens (including phenoxy) is 1. The Bertz CT molecular complexity index is 622. The Labute approximate surface area is 122 Å². The molecule has 0 spiro atoms. The number of aryl methyl sites for hydroxylation is 1. The number of hydrogen-bond donors (Lipinski definition) is 1. The number of esters is 1. The third-order valence-electron chi connectivity index (χ3n) is 2.79. The van der Waals surface area contributed by atoms with Crippen molar-refractivity contribution in [1.82, 2.24) is 10.5 Å². The molecule has 6 nitrogen and oxygen atoms in total. The number of carbonyl (C=O) groups is 2. The van der Waals surface area contributed by atoms with Crippen LogP contribution in [0.3, 0.4) is 0 Å². The zero-order valence-corrected chi connectivity index (χ0v) is 11.8. The molecule has 2 rings (SSSR count). The number of nitrogens with zero attached hydrogens (tertiary/aromatic N) is 1. The molecule has 0 aliphatic rings. The van der Waals surface area contributed by atoms with Gasteiger partial charge in [-0.1, -0.05) is 35.5 Å². The highest BCUT2D eigenvalue weighted by molar-refractivity contribution is 5.89. The molecule has 1 aromatic carbocycles. The summed E-state index contributed by atoms with van der Waals surface area (Å²) in [6.07, 6.45) is -0.911. The Hall–Kier alpha value is -2.63. The van der Waals surface area contributed by atoms with Gasteiger partial charge >= 0.3 is 5.97 Å². The van der Waals surface area contributed by atoms with Gasteiger partial charge in [0.15, 0.2) is 6.10 Å². The van der Waals surface area contributed by atoms with Crippen molar-refractivity contribution in [2.45, 2.75) is 26.5 Å². The largest absolute Gasteiger partial charge is 0.447 e. The molecule has 0 saturated carbocycles. The Kier molecular flexibility index (Phi) is 4.71. The van der Waals surface area contributed by atoms with Crippen LogP contribution < -0.4 is 5.32 Å². The van der Waals surface area contributed by atoms with Crippen LogP contribution in [0.15, 0.2) is 40.9 Å². The third kappa shape index (κ3) is 4.17. The minimum atomic E-state index is -0.911. The minimum absolute atomic E-state index is 0.0183. The lowest BCUT2D eigenvalue weighted by Gasteiger charge is -2.12. The number of amides is 1. The first-order valence-electron chi connectivity index (χ1n) is 6.52. The van der Waals surface area contributed by atoms with Crippen LogP contribution in [0.25, 0.3) is 0 Å². The standard InChI is InChI=1S/C15H16N2O4/c1-10-8-13(21-17-10)15(19)20-11(2)14(18)16-9-12-6-4-3-5-7-12/h3-8,11H,9H2,1-2H3,(H,16,18)/t11-/m1/s1. The van der Waals surface area contributed by atoms with Crippen LogP contribution in [0.2, 0.25) is 0 Å². The highest BCUT2D eigenvalue weighted by atomic mass is 16.6. The van der Waals surface area contributed by atoms with E-state index >= 15 is 0 Å². The van der Waals surface area contributed by atoms with Gasteiger partial charge in [-0.05, 0) is 19.4 Å². The Morgan fingerprint density at radius 1 is 1.33 bits per heavy atom. The second kappa shape index (κ2) is 6.69. The van der Waals surface area contributed by atoms with E-state index in [2.05, 4.69) is 10.5 Å². The molecule has 0 unspecified atom stereocenters. The first-order chi connectivity index (χ1) is 10.1. The molecule has 0 fully saturated rings. The summed E-state index contributed by atoms with van der Waals surface area (Å²) in [6.45, 7) is 3.57. The summed E-state index contributed by atoms with van der Waals surface area (Å²) < 4.78 is 9.79. The van der Waals surface area contributed by atoms with Crippen molar-refractivity contribution < 1.29 is 18.8 Å². The van der Waals surface area contributed by atoms with Crippen LogP contribution in [0, 0.1) is 6.92 Å². The van der Waals surface area contributed by atoms with Gasteiger partial charge < -0.3 is 14.6 Å². The number of carbonyl (C=O) groups excluding carboxylic acids is 2. The molecule has 1 aromatic heterocycles. The molecule has 110 valence electrons. The van der Waals surface area contributed by atoms with Gasteiger partial charge in [-0.15, -0.1) is 0 Å². The summed E-state index contributed by atoms with van der Waals surface area (Å²) >= 11 is 0. The highest BCUT2D eigenvalue weighted by Gasteiger charge is 2.21. The molecule has 2 aromatic rings. The third-order valence-corrected chi connectivity index (χ3v) is 2.79. The van der Waals surface area contributed by atoms with E-state index in [0.29, 0.717) is 12.2 Å². The van der Waals surface area contributed by atoms with Crippen molar-refractivity contribution in [3.05, 3.63) is 53.4 Å². The van der Waals surface area contributed by atoms with Crippen molar-refractivity contribution in [1.29, 1.82) is 0 Å². The van der Waals surface area contributed by atoms with Crippen LogP contribution in [0.4, 0.5) is 0 Å². The fourth-order valence-electron chi connectivity index (χ4n) is 1.66. The van der Waals surface area contributed by atoms with Gasteiger partial charge in [-0.25, -0.2) is 4.79 Å². The molecule has 1 amide bonds. The topological polar surface area (TPSA) is 81.4 Å². The SMILES string of the molecule is Cc1cc(C(=O)O[C@H](C)C(=O)NCc2ccccc2)on1. The number of nitrogens with one attached hydrogen (secondary N) is 1. The van der Waals surface area contributed by atoms with E-state index in [-0.39, 0.29) is 11.7 Å². The molecule has 6 heteroatoms. The molecule has 1 N–H and O–H groups in total. The molecule has 0 aliphatic carbocycles. The Morgan fingerprint density at radius 3 is 2.67 bits per heavy atom. The van der Waals surface area contributed by atoms with E-state index in [1.54, 1.807) is 6.92 Å². The first-order valence-corrected chi connectivity index (χ1v) is 6.52. The molecular formula is C15H16N2O4. The molecule has 0 bridgehead atoms. The zero-order valence-electron chi connectivity index (χ0n) is 11.8. The second-order valence-electron chi connectivity index (χ2n) is 4.58. The van der Waals surface area contributed by atoms with Crippen molar-refractivity contribution in [3.63, 3.8) is 0 Å². The van der Waals surface area contributed by atoms with E-state index in [4.69, 9.17) is 9.26 Å². The van der Waals surface area contributed by atoms with E-state index < -0.39 is 12.1 Å². The molecule has 21 heavy (non-hydrogen) atoms. The van der Waals surface area contributed by atoms with Gasteiger partial charge in [0, 0.05) is 12.6 Å². The Morgan fingerprint density at radius 2 is 2.05 bits per heavy atom. The maximum absolute atomic E-state index is 11.9. The second-order valence-corrected chi connectivity index (χ2v) is 4.58. The predicted molar refractivity (Wildman–Crippen MR) is 74.4 cm³/mol. The van der Waals surface area contributed by atoms with Gasteiger partial charge in [0.05, 0.1) is 5.69 Å². The smallest absolute Gasteiger partial charge is 0.377 e. The van der Waals surface area contributed by atoms with Crippen LogP contribution in [-0.4, -0.2) is 23.1 Å². The van der Waals surface area contributed by atoms with E-state index in [1.807, 2.05) is 30.3 Å². The van der Waals surface area contributed by atoms with E-state index in [0.717, 1.165) is 5.56 Å². The summed E-state index contributed by atoms with van der Waals surface area (Å²) in [5.74, 6) is -1.10. The van der Waals surface area contributed by atoms with E-state index in [9.17, 15) is 9.59 Å². The lowest BCUT2D eigenvalue weighted by atomic mass is 10.2. The number of aromatic nitrogens is 1. The minimum Gasteiger partial charge on any atom is -0.447 e. The van der Waals surface area contributed by atoms with Crippen LogP contribution in [0.1, 0.15) is 28.7 Å². The number of rotatable bonds is 5. The fourth-order valence-corrected chi connectivity index (χ4v) is 1.66. The molecule has 1 heterocycles. The summed E-state index contributed by atoms with van der Waals surface area (Å²) in [5, 5.41) is 6.29. The van der Waals surface area contributed by atoms with Gasteiger partial charge in [0.25, 0.3) is 5.91 Å². The van der Waals surface area contributed by atoms with E-state index in [1.165, 1.54) is 13.0 Å². The van der Waals surface area contributed by atoms with Crippen molar-refractivity contribution >= 4 is 11.9 Å². The van der Waals surface area contributed by atoms with Crippen molar-refractivity contribution in [2.75, 3.05) is 0 Å². The summed E-state index contributed by atoms with van der Waals surface area (Å²) in [6, 6.07) is 10.9. The van der Waals surface area contributed by atoms with Crippen LogP contribution >= 0.6 is 0 Å². The molecule has 1 atom stereocenters. The Balaban J connectivity index is 1.83. The average molecular weight is 288 g/mol. The highest BCUT2D eigenvalue weighted by Crippen LogP contribution is 2.06. The monoisotopic (exact) mass is 288 g/mol. The summed E-state index contributed by atoms with van der Waals surface area (Å²) in [5.41, 5.74) is 1.54. The summed E-state index contributed by atoms with van der Waals surface area (Å²) in [4.78, 5) is 23.6. The lowest BCUT2D eigenvalue weighted by molar-refractivity contribution is -0.129. The van der Waals surface area contributed by atoms with Gasteiger partial charge in [-0.3, -0.25) is 4.79 Å². The number of hydrogen-bond acceptors (Lipinski definition) is 5. The maximum atomic E-state index is 11.9. The normalized spacial score (nSPS) is 11.7. The number of benzene rings is 1. The fraction of sp³-hybridized carbons (Fsp3) is 0.267. The van der Waals surface area contributed by atoms with Gasteiger partial charge in [0.1, 0.15) is 0 Å². The predicted octanol–water partition coefficient (Wildman–Crippen LogP) is 1.84. The van der Waals surface area contributed by atoms with Gasteiger partial charge in [0.2, 0.25) is 5.76 Å². The summed E-state index contributed by atoms with van der Waals surface area (Å²) in [7, 11) is 0. The first kappa shape index (κ1) is 14.8. The average Bonchev–Trinajstić information content (AvgIpc) is 2.92. The molecule has 0 radical (unpaired) electrons. The molecule has 0 saturated heterocycles. The van der Waals surface area contributed by atoms with Crippen LogP contribution in [0.5, 0.6) is 0 Å². The quantitative estimate of drug-likeness (QED) is 0.849. The van der Waals surface area contributed by atoms with Gasteiger partial charge in [-0.2, -0.15) is 0 Å².